The SMILES string of the molecule is CCCN(CCN1CCN(c2ccc(-c3ccc4c(c3)OCC4)cn2)CC1)[C@H]1CCc2c(O)cccc2C1. The van der Waals surface area contributed by atoms with E-state index in [1.807, 2.05) is 18.3 Å². The van der Waals surface area contributed by atoms with E-state index in [9.17, 15) is 5.11 Å². The molecular formula is C32H40N4O2. The fourth-order valence-corrected chi connectivity index (χ4v) is 6.40. The molecule has 1 aromatic heterocycles. The van der Waals surface area contributed by atoms with Gasteiger partial charge in [-0.2, -0.15) is 0 Å². The Kier molecular flexibility index (Phi) is 7.52. The van der Waals surface area contributed by atoms with Crippen LogP contribution >= 0.6 is 0 Å². The predicted molar refractivity (Wildman–Crippen MR) is 153 cm³/mol. The monoisotopic (exact) mass is 512 g/mol. The van der Waals surface area contributed by atoms with Gasteiger partial charge in [-0.25, -0.2) is 4.98 Å². The number of pyridine rings is 1. The molecule has 38 heavy (non-hydrogen) atoms. The van der Waals surface area contributed by atoms with Gasteiger partial charge in [-0.05, 0) is 78.7 Å². The van der Waals surface area contributed by atoms with Gasteiger partial charge in [-0.1, -0.05) is 31.2 Å². The Labute approximate surface area is 226 Å². The first-order valence-electron chi connectivity index (χ1n) is 14.4. The lowest BCUT2D eigenvalue weighted by Crippen LogP contribution is -2.50. The molecule has 0 radical (unpaired) electrons. The lowest BCUT2D eigenvalue weighted by Gasteiger charge is -2.39. The van der Waals surface area contributed by atoms with E-state index >= 15 is 0 Å². The van der Waals surface area contributed by atoms with E-state index in [4.69, 9.17) is 9.72 Å². The summed E-state index contributed by atoms with van der Waals surface area (Å²) in [5.74, 6) is 2.57. The van der Waals surface area contributed by atoms with Crippen molar-refractivity contribution in [1.82, 2.24) is 14.8 Å². The van der Waals surface area contributed by atoms with E-state index in [1.54, 1.807) is 0 Å². The summed E-state index contributed by atoms with van der Waals surface area (Å²) in [5.41, 5.74) is 6.11. The summed E-state index contributed by atoms with van der Waals surface area (Å²) in [6, 6.07) is 17.5. The quantitative estimate of drug-likeness (QED) is 0.469. The summed E-state index contributed by atoms with van der Waals surface area (Å²) in [4.78, 5) is 12.5. The molecule has 6 nitrogen and oxygen atoms in total. The third-order valence-electron chi connectivity index (χ3n) is 8.64. The molecule has 0 saturated carbocycles. The number of rotatable bonds is 8. The van der Waals surface area contributed by atoms with Crippen LogP contribution in [-0.4, -0.2) is 78.4 Å². The summed E-state index contributed by atoms with van der Waals surface area (Å²) < 4.78 is 5.74. The van der Waals surface area contributed by atoms with Crippen molar-refractivity contribution in [2.75, 3.05) is 57.3 Å². The molecular weight excluding hydrogens is 472 g/mol. The van der Waals surface area contributed by atoms with Crippen LogP contribution in [0.4, 0.5) is 5.82 Å². The van der Waals surface area contributed by atoms with E-state index in [1.165, 1.54) is 28.7 Å². The molecule has 3 heterocycles. The van der Waals surface area contributed by atoms with Gasteiger partial charge in [-0.3, -0.25) is 9.80 Å². The predicted octanol–water partition coefficient (Wildman–Crippen LogP) is 4.78. The number of hydrogen-bond acceptors (Lipinski definition) is 6. The first-order chi connectivity index (χ1) is 18.7. The average Bonchev–Trinajstić information content (AvgIpc) is 3.44. The fraction of sp³-hybridized carbons (Fsp3) is 0.469. The molecule has 200 valence electrons. The maximum Gasteiger partial charge on any atom is 0.128 e. The highest BCUT2D eigenvalue weighted by Crippen LogP contribution is 2.32. The van der Waals surface area contributed by atoms with Crippen LogP contribution in [0.1, 0.15) is 36.5 Å². The lowest BCUT2D eigenvalue weighted by atomic mass is 9.87. The molecule has 2 aromatic carbocycles. The van der Waals surface area contributed by atoms with Crippen LogP contribution in [0.25, 0.3) is 11.1 Å². The highest BCUT2D eigenvalue weighted by atomic mass is 16.5. The summed E-state index contributed by atoms with van der Waals surface area (Å²) in [6.45, 7) is 10.6. The molecule has 1 fully saturated rings. The molecule has 1 aliphatic carbocycles. The van der Waals surface area contributed by atoms with Crippen molar-refractivity contribution in [3.63, 3.8) is 0 Å². The van der Waals surface area contributed by atoms with Gasteiger partial charge in [0.1, 0.15) is 17.3 Å². The van der Waals surface area contributed by atoms with Crippen molar-refractivity contribution in [2.24, 2.45) is 0 Å². The number of fused-ring (bicyclic) bond motifs is 2. The number of aromatic hydroxyl groups is 1. The summed E-state index contributed by atoms with van der Waals surface area (Å²) in [6.07, 6.45) is 7.37. The Morgan fingerprint density at radius 3 is 2.66 bits per heavy atom. The molecule has 0 amide bonds. The maximum atomic E-state index is 10.2. The van der Waals surface area contributed by atoms with Crippen LogP contribution in [0.2, 0.25) is 0 Å². The van der Waals surface area contributed by atoms with Crippen molar-refractivity contribution in [2.45, 2.75) is 45.1 Å². The van der Waals surface area contributed by atoms with E-state index in [2.05, 4.69) is 58.0 Å². The Morgan fingerprint density at radius 2 is 1.84 bits per heavy atom. The van der Waals surface area contributed by atoms with Gasteiger partial charge >= 0.3 is 0 Å². The molecule has 6 rings (SSSR count). The van der Waals surface area contributed by atoms with E-state index in [0.29, 0.717) is 11.8 Å². The minimum absolute atomic E-state index is 0.475. The number of hydrogen-bond donors (Lipinski definition) is 1. The van der Waals surface area contributed by atoms with Gasteiger partial charge in [-0.15, -0.1) is 0 Å². The van der Waals surface area contributed by atoms with Crippen LogP contribution in [-0.2, 0) is 19.3 Å². The normalized spacial score (nSPS) is 19.3. The van der Waals surface area contributed by atoms with Crippen molar-refractivity contribution in [3.05, 3.63) is 71.4 Å². The summed E-state index contributed by atoms with van der Waals surface area (Å²) >= 11 is 0. The molecule has 3 aliphatic rings. The lowest BCUT2D eigenvalue weighted by molar-refractivity contribution is 0.145. The van der Waals surface area contributed by atoms with Crippen LogP contribution in [0.15, 0.2) is 54.7 Å². The molecule has 1 atom stereocenters. The molecule has 3 aromatic rings. The topological polar surface area (TPSA) is 52.1 Å². The van der Waals surface area contributed by atoms with Gasteiger partial charge in [0.2, 0.25) is 0 Å². The molecule has 0 spiro atoms. The number of anilines is 1. The standard InChI is InChI=1S/C32H40N4O2/c1-2-13-35(28-9-10-29-26(21-28)4-3-5-30(29)37)17-14-34-15-18-36(19-16-34)32-11-8-27(23-33-32)25-7-6-24-12-20-38-31(24)22-25/h3-8,11,22-23,28,37H,2,9-10,12-21H2,1H3/t28-/m0/s1. The number of nitrogens with zero attached hydrogens (tertiary/aromatic N) is 4. The summed E-state index contributed by atoms with van der Waals surface area (Å²) in [7, 11) is 0. The van der Waals surface area contributed by atoms with Crippen LogP contribution in [0.5, 0.6) is 11.5 Å². The van der Waals surface area contributed by atoms with E-state index in [-0.39, 0.29) is 0 Å². The average molecular weight is 513 g/mol. The first-order valence-corrected chi connectivity index (χ1v) is 14.4. The number of ether oxygens (including phenoxy) is 1. The Hall–Kier alpha value is -3.09. The van der Waals surface area contributed by atoms with Gasteiger partial charge in [0.05, 0.1) is 6.61 Å². The molecule has 2 aliphatic heterocycles. The van der Waals surface area contributed by atoms with Gasteiger partial charge in [0, 0.05) is 63.5 Å². The van der Waals surface area contributed by atoms with Crippen LogP contribution in [0, 0.1) is 0 Å². The van der Waals surface area contributed by atoms with Crippen LogP contribution in [0.3, 0.4) is 0 Å². The summed E-state index contributed by atoms with van der Waals surface area (Å²) in [5, 5.41) is 10.2. The fourth-order valence-electron chi connectivity index (χ4n) is 6.40. The number of aromatic nitrogens is 1. The molecule has 0 unspecified atom stereocenters. The number of benzene rings is 2. The molecule has 1 saturated heterocycles. The van der Waals surface area contributed by atoms with Crippen molar-refractivity contribution in [3.8, 4) is 22.6 Å². The number of phenols is 1. The largest absolute Gasteiger partial charge is 0.508 e. The Bertz CT molecular complexity index is 1240. The zero-order valence-electron chi connectivity index (χ0n) is 22.6. The highest BCUT2D eigenvalue weighted by Gasteiger charge is 2.26. The minimum atomic E-state index is 0.475. The zero-order chi connectivity index (χ0) is 25.9. The Balaban J connectivity index is 1.01. The van der Waals surface area contributed by atoms with Crippen molar-refractivity contribution < 1.29 is 9.84 Å². The maximum absolute atomic E-state index is 10.2. The second-order valence-corrected chi connectivity index (χ2v) is 11.0. The van der Waals surface area contributed by atoms with E-state index < -0.39 is 0 Å². The van der Waals surface area contributed by atoms with Crippen molar-refractivity contribution >= 4 is 5.82 Å². The minimum Gasteiger partial charge on any atom is -0.508 e. The Morgan fingerprint density at radius 1 is 0.974 bits per heavy atom. The van der Waals surface area contributed by atoms with E-state index in [0.717, 1.165) is 95.2 Å². The molecule has 1 N–H and O–H groups in total. The molecule has 0 bridgehead atoms. The molecule has 6 heteroatoms. The second kappa shape index (κ2) is 11.3. The van der Waals surface area contributed by atoms with Crippen molar-refractivity contribution in [1.29, 1.82) is 0 Å². The number of phenolic OH excluding ortho intramolecular Hbond substituents is 1. The van der Waals surface area contributed by atoms with Gasteiger partial charge in [0.25, 0.3) is 0 Å². The number of piperazine rings is 1. The first kappa shape index (κ1) is 25.2. The third kappa shape index (κ3) is 5.38. The second-order valence-electron chi connectivity index (χ2n) is 11.0. The highest BCUT2D eigenvalue weighted by molar-refractivity contribution is 5.67. The third-order valence-corrected chi connectivity index (χ3v) is 8.64. The zero-order valence-corrected chi connectivity index (χ0v) is 22.6. The van der Waals surface area contributed by atoms with Gasteiger partial charge < -0.3 is 14.7 Å². The van der Waals surface area contributed by atoms with Crippen LogP contribution < -0.4 is 9.64 Å². The smallest absolute Gasteiger partial charge is 0.128 e. The van der Waals surface area contributed by atoms with Gasteiger partial charge in [0.15, 0.2) is 0 Å².